The molecule has 3 atom stereocenters. The van der Waals surface area contributed by atoms with Crippen molar-refractivity contribution in [3.63, 3.8) is 0 Å². The molecule has 6 aliphatic heterocycles. The molecule has 1 aromatic rings. The molecule has 2 bridgehead atoms. The Hall–Kier alpha value is -1.30. The summed E-state index contributed by atoms with van der Waals surface area (Å²) in [6.45, 7) is 10.3. The minimum Gasteiger partial charge on any atom is -0.454 e. The molecule has 5 saturated heterocycles. The van der Waals surface area contributed by atoms with Crippen LogP contribution in [0.4, 0.5) is 0 Å². The van der Waals surface area contributed by atoms with Crippen molar-refractivity contribution in [1.29, 1.82) is 0 Å². The first kappa shape index (κ1) is 18.5. The second-order valence-electron chi connectivity index (χ2n) is 9.84. The molecule has 6 aliphatic rings. The summed E-state index contributed by atoms with van der Waals surface area (Å²) in [6.07, 6.45) is 6.79. The zero-order valence-corrected chi connectivity index (χ0v) is 17.8. The van der Waals surface area contributed by atoms with Crippen LogP contribution in [0.1, 0.15) is 50.5 Å². The van der Waals surface area contributed by atoms with Crippen molar-refractivity contribution >= 4 is 0 Å². The molecule has 1 aromatic carbocycles. The molecule has 0 unspecified atom stereocenters. The zero-order valence-electron chi connectivity index (χ0n) is 17.8. The Morgan fingerprint density at radius 3 is 2.52 bits per heavy atom. The van der Waals surface area contributed by atoms with Gasteiger partial charge in [-0.25, -0.2) is 0 Å². The van der Waals surface area contributed by atoms with Gasteiger partial charge in [0.25, 0.3) is 0 Å². The van der Waals surface area contributed by atoms with Crippen LogP contribution in [-0.2, 0) is 0 Å². The molecule has 0 aromatic heterocycles. The molecule has 158 valence electrons. The first-order chi connectivity index (χ1) is 14.3. The van der Waals surface area contributed by atoms with Gasteiger partial charge in [-0.3, -0.25) is 9.80 Å². The molecule has 0 radical (unpaired) electrons. The van der Waals surface area contributed by atoms with Crippen molar-refractivity contribution in [2.45, 2.75) is 63.1 Å². The number of hydrogen-bond donors (Lipinski definition) is 0. The number of nitrogens with zero attached hydrogens (tertiary/aromatic N) is 3. The van der Waals surface area contributed by atoms with Crippen LogP contribution < -0.4 is 9.47 Å². The van der Waals surface area contributed by atoms with E-state index in [9.17, 15) is 0 Å². The second kappa shape index (κ2) is 7.44. The SMILES string of the molecule is CCCN1CCC(N2C[C@H](c3ccc4c(c3)OCO4)[C@H]3[C@@H]2C2CCN3CC2)CC1. The molecule has 5 nitrogen and oxygen atoms in total. The summed E-state index contributed by atoms with van der Waals surface area (Å²) in [6, 6.07) is 8.95. The molecule has 5 heteroatoms. The predicted molar refractivity (Wildman–Crippen MR) is 114 cm³/mol. The molecular weight excluding hydrogens is 362 g/mol. The van der Waals surface area contributed by atoms with Crippen LogP contribution in [0.5, 0.6) is 11.5 Å². The van der Waals surface area contributed by atoms with E-state index in [4.69, 9.17) is 9.47 Å². The van der Waals surface area contributed by atoms with Gasteiger partial charge in [0.05, 0.1) is 0 Å². The Bertz CT molecular complexity index is 740. The second-order valence-corrected chi connectivity index (χ2v) is 9.84. The first-order valence-corrected chi connectivity index (χ1v) is 11.9. The lowest BCUT2D eigenvalue weighted by molar-refractivity contribution is -0.0271. The highest BCUT2D eigenvalue weighted by Crippen LogP contribution is 2.49. The fourth-order valence-corrected chi connectivity index (χ4v) is 7.10. The van der Waals surface area contributed by atoms with E-state index in [0.717, 1.165) is 29.5 Å². The highest BCUT2D eigenvalue weighted by molar-refractivity contribution is 5.46. The van der Waals surface area contributed by atoms with Crippen molar-refractivity contribution in [3.05, 3.63) is 23.8 Å². The van der Waals surface area contributed by atoms with Crippen molar-refractivity contribution in [3.8, 4) is 11.5 Å². The van der Waals surface area contributed by atoms with E-state index in [2.05, 4.69) is 39.8 Å². The fraction of sp³-hybridized carbons (Fsp3) is 0.750. The topological polar surface area (TPSA) is 28.2 Å². The Labute approximate surface area is 174 Å². The maximum atomic E-state index is 5.72. The molecule has 0 spiro atoms. The van der Waals surface area contributed by atoms with Gasteiger partial charge >= 0.3 is 0 Å². The van der Waals surface area contributed by atoms with Crippen molar-refractivity contribution in [1.82, 2.24) is 14.7 Å². The lowest BCUT2D eigenvalue weighted by Gasteiger charge is -2.53. The molecule has 0 amide bonds. The zero-order chi connectivity index (χ0) is 19.4. The van der Waals surface area contributed by atoms with Gasteiger partial charge < -0.3 is 14.4 Å². The lowest BCUT2D eigenvalue weighted by Crippen LogP contribution is -2.61. The van der Waals surface area contributed by atoms with Crippen LogP contribution in [-0.4, -0.2) is 78.9 Å². The fourth-order valence-electron chi connectivity index (χ4n) is 7.10. The number of likely N-dealkylation sites (tertiary alicyclic amines) is 2. The quantitative estimate of drug-likeness (QED) is 0.778. The monoisotopic (exact) mass is 397 g/mol. The number of ether oxygens (including phenoxy) is 2. The smallest absolute Gasteiger partial charge is 0.231 e. The average molecular weight is 398 g/mol. The van der Waals surface area contributed by atoms with Crippen LogP contribution in [0.3, 0.4) is 0 Å². The Morgan fingerprint density at radius 2 is 1.72 bits per heavy atom. The highest BCUT2D eigenvalue weighted by atomic mass is 16.7. The maximum Gasteiger partial charge on any atom is 0.231 e. The van der Waals surface area contributed by atoms with Crippen LogP contribution in [0.15, 0.2) is 18.2 Å². The van der Waals surface area contributed by atoms with Crippen molar-refractivity contribution in [2.24, 2.45) is 5.92 Å². The number of piperidine rings is 4. The summed E-state index contributed by atoms with van der Waals surface area (Å²) in [5, 5.41) is 0. The van der Waals surface area contributed by atoms with Gasteiger partial charge in [0.2, 0.25) is 6.79 Å². The summed E-state index contributed by atoms with van der Waals surface area (Å²) >= 11 is 0. The van der Waals surface area contributed by atoms with Crippen LogP contribution in [0.2, 0.25) is 0 Å². The van der Waals surface area contributed by atoms with E-state index in [-0.39, 0.29) is 0 Å². The Balaban J connectivity index is 1.27. The molecule has 5 fully saturated rings. The van der Waals surface area contributed by atoms with Crippen molar-refractivity contribution < 1.29 is 9.47 Å². The summed E-state index contributed by atoms with van der Waals surface area (Å²) < 4.78 is 11.3. The predicted octanol–water partition coefficient (Wildman–Crippen LogP) is 3.15. The van der Waals surface area contributed by atoms with Gasteiger partial charge in [-0.15, -0.1) is 0 Å². The standard InChI is InChI=1S/C24H35N3O2/c1-2-9-25-10-7-19(8-11-25)27-15-20(18-3-4-21-22(14-18)29-16-28-21)24-23(27)17-5-12-26(24)13-6-17/h3-4,14,17,19-20,23-24H,2,5-13,15-16H2,1H3/t20-,23+,24+/m1/s1. The molecule has 0 saturated carbocycles. The van der Waals surface area contributed by atoms with Gasteiger partial charge in [0, 0.05) is 30.6 Å². The lowest BCUT2D eigenvalue weighted by atomic mass is 9.75. The molecule has 29 heavy (non-hydrogen) atoms. The van der Waals surface area contributed by atoms with Gasteiger partial charge in [0.15, 0.2) is 11.5 Å². The van der Waals surface area contributed by atoms with E-state index in [1.165, 1.54) is 76.9 Å². The van der Waals surface area contributed by atoms with E-state index < -0.39 is 0 Å². The molecule has 7 rings (SSSR count). The van der Waals surface area contributed by atoms with Crippen molar-refractivity contribution in [2.75, 3.05) is 46.1 Å². The summed E-state index contributed by atoms with van der Waals surface area (Å²) in [7, 11) is 0. The van der Waals surface area contributed by atoms with Crippen LogP contribution in [0.25, 0.3) is 0 Å². The van der Waals surface area contributed by atoms with Crippen LogP contribution in [0, 0.1) is 5.92 Å². The molecular formula is C24H35N3O2. The largest absolute Gasteiger partial charge is 0.454 e. The Morgan fingerprint density at radius 1 is 0.931 bits per heavy atom. The van der Waals surface area contributed by atoms with Gasteiger partial charge in [-0.05, 0) is 88.4 Å². The number of fused-ring (bicyclic) bond motifs is 3. The van der Waals surface area contributed by atoms with E-state index in [1.807, 2.05) is 0 Å². The number of hydrogen-bond acceptors (Lipinski definition) is 5. The number of benzene rings is 1. The third-order valence-electron chi connectivity index (χ3n) is 8.42. The van der Waals surface area contributed by atoms with Gasteiger partial charge in [-0.2, -0.15) is 0 Å². The number of rotatable bonds is 4. The minimum absolute atomic E-state index is 0.367. The third-order valence-corrected chi connectivity index (χ3v) is 8.42. The van der Waals surface area contributed by atoms with Gasteiger partial charge in [0.1, 0.15) is 0 Å². The summed E-state index contributed by atoms with van der Waals surface area (Å²) in [5.74, 6) is 3.36. The minimum atomic E-state index is 0.367. The van der Waals surface area contributed by atoms with E-state index in [1.54, 1.807) is 0 Å². The molecule has 0 N–H and O–H groups in total. The summed E-state index contributed by atoms with van der Waals surface area (Å²) in [4.78, 5) is 8.47. The van der Waals surface area contributed by atoms with E-state index in [0.29, 0.717) is 18.8 Å². The van der Waals surface area contributed by atoms with E-state index >= 15 is 0 Å². The van der Waals surface area contributed by atoms with Gasteiger partial charge in [-0.1, -0.05) is 13.0 Å². The maximum absolute atomic E-state index is 5.72. The molecule has 0 aliphatic carbocycles. The summed E-state index contributed by atoms with van der Waals surface area (Å²) in [5.41, 5.74) is 1.46. The Kier molecular flexibility index (Phi) is 4.74. The van der Waals surface area contributed by atoms with Crippen LogP contribution >= 0.6 is 0 Å². The normalized spacial score (nSPS) is 37.2. The average Bonchev–Trinajstić information content (AvgIpc) is 3.41. The first-order valence-electron chi connectivity index (χ1n) is 11.9. The molecule has 6 heterocycles. The highest BCUT2D eigenvalue weighted by Gasteiger charge is 2.54. The third kappa shape index (κ3) is 3.08.